The van der Waals surface area contributed by atoms with Crippen LogP contribution in [0.1, 0.15) is 0 Å². The minimum atomic E-state index is -0.974. The van der Waals surface area contributed by atoms with Crippen LogP contribution in [-0.4, -0.2) is 22.8 Å². The molecule has 0 atom stereocenters. The molecule has 4 nitrogen and oxygen atoms in total. The monoisotopic (exact) mass is 212 g/mol. The van der Waals surface area contributed by atoms with Crippen LogP contribution >= 0.6 is 12.4 Å². The number of carbonyl (C=O) groups is 1. The molecule has 0 radical (unpaired) electrons. The number of fused-ring (bicyclic) bond motifs is 1. The average Bonchev–Trinajstić information content (AvgIpc) is 2.17. The zero-order valence-electron chi connectivity index (χ0n) is 7.25. The number of nitrogens with zero attached hydrogens (tertiary/aromatic N) is 2. The molecule has 74 valence electrons. The first-order valence-electron chi connectivity index (χ1n) is 3.88. The molecular weight excluding hydrogens is 204 g/mol. The van der Waals surface area contributed by atoms with E-state index in [2.05, 4.69) is 4.99 Å². The summed E-state index contributed by atoms with van der Waals surface area (Å²) in [6, 6.07) is 7.45. The summed E-state index contributed by atoms with van der Waals surface area (Å²) in [5.74, 6) is 0. The number of carboxylic acid groups (broad SMARTS) is 1. The molecule has 5 heteroatoms. The van der Waals surface area contributed by atoms with Crippen LogP contribution in [0.3, 0.4) is 0 Å². The Kier molecular flexibility index (Phi) is 3.09. The van der Waals surface area contributed by atoms with E-state index in [1.54, 1.807) is 6.20 Å². The molecule has 0 aliphatic carbocycles. The molecule has 0 fully saturated rings. The van der Waals surface area contributed by atoms with E-state index in [9.17, 15) is 4.79 Å². The highest BCUT2D eigenvalue weighted by Crippen LogP contribution is 1.92. The van der Waals surface area contributed by atoms with Crippen molar-refractivity contribution in [2.75, 3.05) is 6.67 Å². The maximum absolute atomic E-state index is 10.6. The third kappa shape index (κ3) is 1.85. The molecule has 0 saturated carbocycles. The standard InChI is InChI=1S/C9H8N2O2.ClH/c12-9(13)11-5-7-3-1-2-4-8(7)10-6-11;/h1-5H,6H2,(H,12,13);1H. The van der Waals surface area contributed by atoms with Crippen molar-refractivity contribution in [3.63, 3.8) is 0 Å². The van der Waals surface area contributed by atoms with Gasteiger partial charge in [0.2, 0.25) is 0 Å². The first-order valence-corrected chi connectivity index (χ1v) is 3.88. The maximum Gasteiger partial charge on any atom is 0.412 e. The van der Waals surface area contributed by atoms with Crippen LogP contribution in [0.5, 0.6) is 0 Å². The van der Waals surface area contributed by atoms with Crippen LogP contribution in [-0.2, 0) is 0 Å². The molecule has 1 aromatic carbocycles. The topological polar surface area (TPSA) is 52.9 Å². The Balaban J connectivity index is 0.000000980. The summed E-state index contributed by atoms with van der Waals surface area (Å²) in [4.78, 5) is 15.9. The molecule has 0 saturated heterocycles. The van der Waals surface area contributed by atoms with Crippen LogP contribution < -0.4 is 10.6 Å². The Labute approximate surface area is 86.6 Å². The predicted molar refractivity (Wildman–Crippen MR) is 53.7 cm³/mol. The fourth-order valence-electron chi connectivity index (χ4n) is 1.22. The Morgan fingerprint density at radius 1 is 1.43 bits per heavy atom. The van der Waals surface area contributed by atoms with Crippen LogP contribution in [0.4, 0.5) is 4.79 Å². The Morgan fingerprint density at radius 3 is 2.86 bits per heavy atom. The van der Waals surface area contributed by atoms with Crippen molar-refractivity contribution in [2.45, 2.75) is 0 Å². The highest BCUT2D eigenvalue weighted by Gasteiger charge is 2.09. The van der Waals surface area contributed by atoms with E-state index in [-0.39, 0.29) is 19.1 Å². The maximum atomic E-state index is 10.6. The molecule has 1 aliphatic heterocycles. The molecule has 1 amide bonds. The van der Waals surface area contributed by atoms with Gasteiger partial charge >= 0.3 is 6.09 Å². The van der Waals surface area contributed by atoms with E-state index in [1.807, 2.05) is 24.3 Å². The van der Waals surface area contributed by atoms with Crippen LogP contribution in [0, 0.1) is 0 Å². The molecule has 0 unspecified atom stereocenters. The van der Waals surface area contributed by atoms with Crippen molar-refractivity contribution in [3.8, 4) is 0 Å². The van der Waals surface area contributed by atoms with Crippen LogP contribution in [0.15, 0.2) is 29.3 Å². The SMILES string of the molecule is Cl.O=C(O)N1C=c2ccccc2=NC1. The lowest BCUT2D eigenvalue weighted by atomic mass is 10.3. The van der Waals surface area contributed by atoms with Crippen LogP contribution in [0.25, 0.3) is 6.20 Å². The first-order chi connectivity index (χ1) is 6.27. The van der Waals surface area contributed by atoms with Crippen molar-refractivity contribution in [1.29, 1.82) is 0 Å². The minimum Gasteiger partial charge on any atom is -0.465 e. The quantitative estimate of drug-likeness (QED) is 0.678. The van der Waals surface area contributed by atoms with Gasteiger partial charge in [0.25, 0.3) is 0 Å². The van der Waals surface area contributed by atoms with Crippen LogP contribution in [0.2, 0.25) is 0 Å². The van der Waals surface area contributed by atoms with E-state index in [4.69, 9.17) is 5.11 Å². The number of para-hydroxylation sites is 1. The smallest absolute Gasteiger partial charge is 0.412 e. The lowest BCUT2D eigenvalue weighted by Gasteiger charge is -2.13. The Bertz CT molecular complexity index is 458. The van der Waals surface area contributed by atoms with Crippen molar-refractivity contribution < 1.29 is 9.90 Å². The number of halogens is 1. The molecule has 1 aliphatic rings. The second kappa shape index (κ2) is 4.11. The van der Waals surface area contributed by atoms with E-state index >= 15 is 0 Å². The summed E-state index contributed by atoms with van der Waals surface area (Å²) in [5, 5.41) is 10.4. The summed E-state index contributed by atoms with van der Waals surface area (Å²) < 4.78 is 0. The largest absolute Gasteiger partial charge is 0.465 e. The summed E-state index contributed by atoms with van der Waals surface area (Å²) in [7, 11) is 0. The highest BCUT2D eigenvalue weighted by atomic mass is 35.5. The summed E-state index contributed by atoms with van der Waals surface area (Å²) in [5.41, 5.74) is 0. The zero-order valence-corrected chi connectivity index (χ0v) is 8.07. The number of rotatable bonds is 0. The van der Waals surface area contributed by atoms with Gasteiger partial charge in [0.1, 0.15) is 6.67 Å². The fraction of sp³-hybridized carbons (Fsp3) is 0.111. The zero-order chi connectivity index (χ0) is 9.26. The number of amides is 1. The molecule has 2 rings (SSSR count). The first kappa shape index (κ1) is 10.5. The van der Waals surface area contributed by atoms with Gasteiger partial charge in [0.15, 0.2) is 0 Å². The van der Waals surface area contributed by atoms with E-state index in [1.165, 1.54) is 0 Å². The van der Waals surface area contributed by atoms with Gasteiger partial charge in [0, 0.05) is 11.4 Å². The molecular formula is C9H9ClN2O2. The second-order valence-electron chi connectivity index (χ2n) is 2.74. The lowest BCUT2D eigenvalue weighted by Crippen LogP contribution is -2.37. The number of hydrogen-bond donors (Lipinski definition) is 1. The van der Waals surface area contributed by atoms with E-state index in [0.717, 1.165) is 15.5 Å². The van der Waals surface area contributed by atoms with Gasteiger partial charge in [-0.1, -0.05) is 18.2 Å². The molecule has 0 aromatic heterocycles. The average molecular weight is 213 g/mol. The Morgan fingerprint density at radius 2 is 2.14 bits per heavy atom. The molecule has 0 bridgehead atoms. The van der Waals surface area contributed by atoms with E-state index in [0.29, 0.717) is 0 Å². The summed E-state index contributed by atoms with van der Waals surface area (Å²) in [6.45, 7) is 0.187. The number of benzene rings is 1. The molecule has 1 aromatic rings. The van der Waals surface area contributed by atoms with Crippen molar-refractivity contribution in [1.82, 2.24) is 4.90 Å². The van der Waals surface area contributed by atoms with Gasteiger partial charge in [-0.2, -0.15) is 0 Å². The molecule has 0 spiro atoms. The lowest BCUT2D eigenvalue weighted by molar-refractivity contribution is 0.168. The third-order valence-electron chi connectivity index (χ3n) is 1.87. The third-order valence-corrected chi connectivity index (χ3v) is 1.87. The van der Waals surface area contributed by atoms with Gasteiger partial charge in [-0.15, -0.1) is 12.4 Å². The predicted octanol–water partition coefficient (Wildman–Crippen LogP) is 0.417. The normalized spacial score (nSPS) is 13.0. The minimum absolute atomic E-state index is 0. The summed E-state index contributed by atoms with van der Waals surface area (Å²) in [6.07, 6.45) is 0.614. The second-order valence-corrected chi connectivity index (χ2v) is 2.74. The van der Waals surface area contributed by atoms with Gasteiger partial charge in [0.05, 0.1) is 5.36 Å². The summed E-state index contributed by atoms with van der Waals surface area (Å²) >= 11 is 0. The molecule has 14 heavy (non-hydrogen) atoms. The van der Waals surface area contributed by atoms with Gasteiger partial charge in [-0.25, -0.2) is 4.79 Å². The van der Waals surface area contributed by atoms with Gasteiger partial charge < -0.3 is 5.11 Å². The van der Waals surface area contributed by atoms with Crippen molar-refractivity contribution >= 4 is 24.7 Å². The van der Waals surface area contributed by atoms with Gasteiger partial charge in [-0.3, -0.25) is 9.89 Å². The fourth-order valence-corrected chi connectivity index (χ4v) is 1.22. The molecule has 1 heterocycles. The highest BCUT2D eigenvalue weighted by molar-refractivity contribution is 5.85. The van der Waals surface area contributed by atoms with E-state index < -0.39 is 6.09 Å². The van der Waals surface area contributed by atoms with Crippen molar-refractivity contribution in [3.05, 3.63) is 34.8 Å². The molecule has 1 N–H and O–H groups in total. The van der Waals surface area contributed by atoms with Gasteiger partial charge in [-0.05, 0) is 6.07 Å². The van der Waals surface area contributed by atoms with Crippen molar-refractivity contribution in [2.24, 2.45) is 4.99 Å². The Hall–Kier alpha value is -1.55. The number of hydrogen-bond acceptors (Lipinski definition) is 2.